The lowest BCUT2D eigenvalue weighted by Gasteiger charge is -2.21. The Morgan fingerprint density at radius 2 is 1.33 bits per heavy atom. The molecule has 156 valence electrons. The SMILES string of the molecule is COc1ccc(P(c2ccc(OC)cc2)c2cccc(NC(=O)C(C)(C)C)n2)cc1. The molecular weight excluding hydrogens is 395 g/mol. The molecule has 5 nitrogen and oxygen atoms in total. The first-order valence-corrected chi connectivity index (χ1v) is 11.0. The van der Waals surface area contributed by atoms with Crippen LogP contribution in [0.25, 0.3) is 0 Å². The third-order valence-electron chi connectivity index (χ3n) is 4.55. The maximum Gasteiger partial charge on any atom is 0.230 e. The number of carbonyl (C=O) groups is 1. The highest BCUT2D eigenvalue weighted by molar-refractivity contribution is 7.79. The summed E-state index contributed by atoms with van der Waals surface area (Å²) in [6.45, 7) is 5.65. The number of hydrogen-bond donors (Lipinski definition) is 1. The Labute approximate surface area is 179 Å². The number of carbonyl (C=O) groups excluding carboxylic acids is 1. The van der Waals surface area contributed by atoms with E-state index in [4.69, 9.17) is 14.5 Å². The molecule has 6 heteroatoms. The van der Waals surface area contributed by atoms with Gasteiger partial charge >= 0.3 is 0 Å². The molecule has 1 amide bonds. The van der Waals surface area contributed by atoms with Gasteiger partial charge in [0.25, 0.3) is 0 Å². The summed E-state index contributed by atoms with van der Waals surface area (Å²) in [4.78, 5) is 17.2. The van der Waals surface area contributed by atoms with Crippen LogP contribution in [0.3, 0.4) is 0 Å². The fourth-order valence-corrected chi connectivity index (χ4v) is 4.96. The van der Waals surface area contributed by atoms with Crippen LogP contribution in [-0.4, -0.2) is 25.1 Å². The van der Waals surface area contributed by atoms with Crippen molar-refractivity contribution in [2.75, 3.05) is 19.5 Å². The van der Waals surface area contributed by atoms with Crippen molar-refractivity contribution in [1.82, 2.24) is 4.98 Å². The summed E-state index contributed by atoms with van der Waals surface area (Å²) in [5, 5.41) is 5.22. The zero-order chi connectivity index (χ0) is 21.7. The number of nitrogens with one attached hydrogen (secondary N) is 1. The molecule has 0 saturated carbocycles. The summed E-state index contributed by atoms with van der Waals surface area (Å²) in [5.41, 5.74) is 0.418. The number of methoxy groups -OCH3 is 2. The van der Waals surface area contributed by atoms with E-state index in [0.29, 0.717) is 5.82 Å². The molecule has 3 aromatic rings. The van der Waals surface area contributed by atoms with Crippen LogP contribution in [0, 0.1) is 5.41 Å². The lowest BCUT2D eigenvalue weighted by Crippen LogP contribution is -2.29. The molecule has 1 heterocycles. The van der Waals surface area contributed by atoms with Gasteiger partial charge < -0.3 is 14.8 Å². The number of pyridine rings is 1. The molecule has 0 unspecified atom stereocenters. The first-order chi connectivity index (χ1) is 14.3. The van der Waals surface area contributed by atoms with Gasteiger partial charge in [0.2, 0.25) is 5.91 Å². The molecule has 0 aliphatic rings. The van der Waals surface area contributed by atoms with E-state index in [1.54, 1.807) is 14.2 Å². The van der Waals surface area contributed by atoms with Gasteiger partial charge in [-0.15, -0.1) is 0 Å². The standard InChI is InChI=1S/C24H27N2O3P/c1-24(2,3)23(27)26-21-7-6-8-22(25-21)30(19-13-9-17(28-4)10-14-19)20-15-11-18(29-5)12-16-20/h6-16H,1-5H3,(H,25,26,27). The number of rotatable bonds is 6. The molecular formula is C24H27N2O3P. The highest BCUT2D eigenvalue weighted by Crippen LogP contribution is 2.33. The van der Waals surface area contributed by atoms with Crippen LogP contribution in [0.2, 0.25) is 0 Å². The number of benzene rings is 2. The van der Waals surface area contributed by atoms with Crippen LogP contribution in [0.1, 0.15) is 20.8 Å². The number of anilines is 1. The van der Waals surface area contributed by atoms with E-state index in [1.807, 2.05) is 63.2 Å². The predicted octanol–water partition coefficient (Wildman–Crippen LogP) is 3.84. The summed E-state index contributed by atoms with van der Waals surface area (Å²) in [7, 11) is 2.39. The van der Waals surface area contributed by atoms with E-state index >= 15 is 0 Å². The highest BCUT2D eigenvalue weighted by atomic mass is 31.1. The molecule has 1 N–H and O–H groups in total. The molecule has 0 atom stereocenters. The van der Waals surface area contributed by atoms with Crippen molar-refractivity contribution in [3.8, 4) is 11.5 Å². The van der Waals surface area contributed by atoms with E-state index < -0.39 is 13.3 Å². The lowest BCUT2D eigenvalue weighted by atomic mass is 9.96. The maximum absolute atomic E-state index is 12.4. The molecule has 0 aliphatic heterocycles. The van der Waals surface area contributed by atoms with Crippen molar-refractivity contribution in [3.05, 3.63) is 66.7 Å². The fourth-order valence-electron chi connectivity index (χ4n) is 2.80. The summed E-state index contributed by atoms with van der Waals surface area (Å²) < 4.78 is 10.6. The molecule has 30 heavy (non-hydrogen) atoms. The second-order valence-electron chi connectivity index (χ2n) is 7.82. The van der Waals surface area contributed by atoms with Crippen molar-refractivity contribution >= 4 is 35.7 Å². The van der Waals surface area contributed by atoms with Crippen molar-refractivity contribution < 1.29 is 14.3 Å². The molecule has 0 radical (unpaired) electrons. The zero-order valence-electron chi connectivity index (χ0n) is 18.0. The van der Waals surface area contributed by atoms with Gasteiger partial charge in [-0.2, -0.15) is 0 Å². The van der Waals surface area contributed by atoms with Gasteiger partial charge in [-0.3, -0.25) is 4.79 Å². The first kappa shape index (κ1) is 21.8. The Bertz CT molecular complexity index is 949. The Morgan fingerprint density at radius 1 is 0.833 bits per heavy atom. The molecule has 2 aromatic carbocycles. The fraction of sp³-hybridized carbons (Fsp3) is 0.250. The van der Waals surface area contributed by atoms with Gasteiger partial charge in [0.15, 0.2) is 0 Å². The molecule has 0 bridgehead atoms. The summed E-state index contributed by atoms with van der Waals surface area (Å²) >= 11 is 0. The molecule has 0 aliphatic carbocycles. The third kappa shape index (κ3) is 5.17. The molecule has 1 aromatic heterocycles. The minimum absolute atomic E-state index is 0.0645. The largest absolute Gasteiger partial charge is 0.497 e. The first-order valence-electron chi connectivity index (χ1n) is 9.68. The average molecular weight is 422 g/mol. The van der Waals surface area contributed by atoms with Crippen molar-refractivity contribution in [3.63, 3.8) is 0 Å². The minimum Gasteiger partial charge on any atom is -0.497 e. The Morgan fingerprint density at radius 3 is 1.77 bits per heavy atom. The normalized spacial score (nSPS) is 11.3. The van der Waals surface area contributed by atoms with E-state index in [2.05, 4.69) is 29.6 Å². The van der Waals surface area contributed by atoms with E-state index in [9.17, 15) is 4.79 Å². The molecule has 0 saturated heterocycles. The molecule has 0 fully saturated rings. The number of amides is 1. The van der Waals surface area contributed by atoms with E-state index in [-0.39, 0.29) is 5.91 Å². The van der Waals surface area contributed by atoms with Gasteiger partial charge in [-0.1, -0.05) is 51.1 Å². The third-order valence-corrected chi connectivity index (χ3v) is 6.88. The van der Waals surface area contributed by atoms with Gasteiger partial charge in [-0.05, 0) is 47.0 Å². The van der Waals surface area contributed by atoms with Crippen molar-refractivity contribution in [2.45, 2.75) is 20.8 Å². The van der Waals surface area contributed by atoms with Crippen molar-refractivity contribution in [1.29, 1.82) is 0 Å². The zero-order valence-corrected chi connectivity index (χ0v) is 18.9. The predicted molar refractivity (Wildman–Crippen MR) is 124 cm³/mol. The smallest absolute Gasteiger partial charge is 0.230 e. The summed E-state index contributed by atoms with van der Waals surface area (Å²) in [6, 6.07) is 21.9. The monoisotopic (exact) mass is 422 g/mol. The van der Waals surface area contributed by atoms with Crippen LogP contribution in [0.5, 0.6) is 11.5 Å². The van der Waals surface area contributed by atoms with E-state index in [1.165, 1.54) is 0 Å². The quantitative estimate of drug-likeness (QED) is 0.613. The van der Waals surface area contributed by atoms with Gasteiger partial charge in [-0.25, -0.2) is 4.98 Å². The minimum atomic E-state index is -0.924. The van der Waals surface area contributed by atoms with Crippen LogP contribution in [0.15, 0.2) is 66.7 Å². The molecule has 3 rings (SSSR count). The average Bonchev–Trinajstić information content (AvgIpc) is 2.74. The van der Waals surface area contributed by atoms with Crippen LogP contribution in [0.4, 0.5) is 5.82 Å². The Kier molecular flexibility index (Phi) is 6.73. The second-order valence-corrected chi connectivity index (χ2v) is 9.98. The maximum atomic E-state index is 12.4. The van der Waals surface area contributed by atoms with E-state index in [0.717, 1.165) is 27.5 Å². The number of ether oxygens (including phenoxy) is 2. The van der Waals surface area contributed by atoms with Crippen LogP contribution < -0.4 is 30.8 Å². The van der Waals surface area contributed by atoms with Gasteiger partial charge in [0.1, 0.15) is 17.3 Å². The second kappa shape index (κ2) is 9.27. The highest BCUT2D eigenvalue weighted by Gasteiger charge is 2.23. The topological polar surface area (TPSA) is 60.5 Å². The van der Waals surface area contributed by atoms with Crippen LogP contribution >= 0.6 is 7.92 Å². The summed E-state index contributed by atoms with van der Waals surface area (Å²) in [6.07, 6.45) is 0. The Balaban J connectivity index is 2.03. The number of hydrogen-bond acceptors (Lipinski definition) is 4. The number of aromatic nitrogens is 1. The van der Waals surface area contributed by atoms with Gasteiger partial charge in [0, 0.05) is 13.3 Å². The van der Waals surface area contributed by atoms with Gasteiger partial charge in [0.05, 0.1) is 19.7 Å². The van der Waals surface area contributed by atoms with Crippen LogP contribution in [-0.2, 0) is 4.79 Å². The van der Waals surface area contributed by atoms with Crippen molar-refractivity contribution in [2.24, 2.45) is 5.41 Å². The number of nitrogens with zero attached hydrogens (tertiary/aromatic N) is 1. The Hall–Kier alpha value is -2.91. The lowest BCUT2D eigenvalue weighted by molar-refractivity contribution is -0.123. The molecule has 0 spiro atoms. The summed E-state index contributed by atoms with van der Waals surface area (Å²) in [5.74, 6) is 2.11.